The number of pyridine rings is 1. The summed E-state index contributed by atoms with van der Waals surface area (Å²) in [5.41, 5.74) is 2.17. The maximum atomic E-state index is 12.9. The lowest BCUT2D eigenvalue weighted by Gasteiger charge is -2.08. The number of carbonyl (C=O) groups is 1. The van der Waals surface area contributed by atoms with Gasteiger partial charge >= 0.3 is 0 Å². The molecule has 4 rings (SSSR count). The fourth-order valence-electron chi connectivity index (χ4n) is 2.60. The smallest absolute Gasteiger partial charge is 0.258 e. The topological polar surface area (TPSA) is 67.8 Å². The molecule has 7 heteroatoms. The van der Waals surface area contributed by atoms with Crippen LogP contribution < -0.4 is 5.32 Å². The number of carbonyl (C=O) groups excluding carboxylic acids is 1. The van der Waals surface area contributed by atoms with Crippen molar-refractivity contribution in [1.29, 1.82) is 0 Å². The van der Waals surface area contributed by atoms with E-state index in [9.17, 15) is 4.79 Å². The molecule has 1 aromatic carbocycles. The molecule has 0 fully saturated rings. The molecule has 3 heterocycles. The number of anilines is 1. The molecule has 0 saturated carbocycles. The van der Waals surface area contributed by atoms with Crippen molar-refractivity contribution in [3.05, 3.63) is 58.4 Å². The van der Waals surface area contributed by atoms with Crippen LogP contribution in [0.25, 0.3) is 21.5 Å². The molecule has 0 aliphatic rings. The SMILES string of the molecule is CC(C)c1nnc(NC(=O)c2cc(-c3cccs3)nc3ccccc23)s1. The number of nitrogens with one attached hydrogen (secondary N) is 1. The number of amides is 1. The van der Waals surface area contributed by atoms with Gasteiger partial charge in [-0.15, -0.1) is 21.5 Å². The van der Waals surface area contributed by atoms with Gasteiger partial charge in [0, 0.05) is 11.3 Å². The van der Waals surface area contributed by atoms with Crippen LogP contribution in [0.4, 0.5) is 5.13 Å². The van der Waals surface area contributed by atoms with E-state index in [1.54, 1.807) is 11.3 Å². The van der Waals surface area contributed by atoms with E-state index in [2.05, 4.69) is 29.4 Å². The molecular weight excluding hydrogens is 364 g/mol. The van der Waals surface area contributed by atoms with Gasteiger partial charge in [-0.1, -0.05) is 49.4 Å². The van der Waals surface area contributed by atoms with Crippen molar-refractivity contribution < 1.29 is 4.79 Å². The minimum Gasteiger partial charge on any atom is -0.296 e. The highest BCUT2D eigenvalue weighted by Gasteiger charge is 2.16. The Labute approximate surface area is 158 Å². The highest BCUT2D eigenvalue weighted by Crippen LogP contribution is 2.29. The van der Waals surface area contributed by atoms with Gasteiger partial charge in [-0.05, 0) is 23.6 Å². The normalized spacial score (nSPS) is 11.2. The minimum absolute atomic E-state index is 0.201. The lowest BCUT2D eigenvalue weighted by Crippen LogP contribution is -2.13. The number of hydrogen-bond donors (Lipinski definition) is 1. The van der Waals surface area contributed by atoms with Crippen molar-refractivity contribution in [1.82, 2.24) is 15.2 Å². The lowest BCUT2D eigenvalue weighted by atomic mass is 10.1. The van der Waals surface area contributed by atoms with Crippen molar-refractivity contribution >= 4 is 44.6 Å². The fraction of sp³-hybridized carbons (Fsp3) is 0.158. The van der Waals surface area contributed by atoms with E-state index in [0.717, 1.165) is 26.5 Å². The van der Waals surface area contributed by atoms with Crippen LogP contribution in [0, 0.1) is 0 Å². The zero-order chi connectivity index (χ0) is 18.1. The minimum atomic E-state index is -0.201. The molecule has 4 aromatic rings. The van der Waals surface area contributed by atoms with Gasteiger partial charge in [0.05, 0.1) is 21.7 Å². The predicted molar refractivity (Wildman–Crippen MR) is 107 cm³/mol. The van der Waals surface area contributed by atoms with E-state index in [1.807, 2.05) is 47.8 Å². The summed E-state index contributed by atoms with van der Waals surface area (Å²) in [6.07, 6.45) is 0. The summed E-state index contributed by atoms with van der Waals surface area (Å²) in [7, 11) is 0. The first-order valence-electron chi connectivity index (χ1n) is 8.20. The Hall–Kier alpha value is -2.64. The summed E-state index contributed by atoms with van der Waals surface area (Å²) in [6, 6.07) is 13.5. The first-order valence-corrected chi connectivity index (χ1v) is 9.90. The van der Waals surface area contributed by atoms with Crippen LogP contribution in [-0.2, 0) is 0 Å². The van der Waals surface area contributed by atoms with Gasteiger partial charge in [0.15, 0.2) is 0 Å². The molecule has 26 heavy (non-hydrogen) atoms. The number of hydrogen-bond acceptors (Lipinski definition) is 6. The second kappa shape index (κ2) is 6.93. The molecule has 3 aromatic heterocycles. The third kappa shape index (κ3) is 3.23. The largest absolute Gasteiger partial charge is 0.296 e. The van der Waals surface area contributed by atoms with E-state index < -0.39 is 0 Å². The van der Waals surface area contributed by atoms with Crippen LogP contribution in [0.5, 0.6) is 0 Å². The second-order valence-corrected chi connectivity index (χ2v) is 8.06. The zero-order valence-electron chi connectivity index (χ0n) is 14.3. The molecule has 0 unspecified atom stereocenters. The number of para-hydroxylation sites is 1. The third-order valence-electron chi connectivity index (χ3n) is 3.89. The summed E-state index contributed by atoms with van der Waals surface area (Å²) in [5, 5.41) is 15.3. The standard InChI is InChI=1S/C19H16N4OS2/c1-11(2)18-22-23-19(26-18)21-17(24)13-10-15(16-8-5-9-25-16)20-14-7-4-3-6-12(13)14/h3-11H,1-2H3,(H,21,23,24). The van der Waals surface area contributed by atoms with Crippen LogP contribution in [0.1, 0.15) is 35.1 Å². The Morgan fingerprint density at radius 2 is 1.96 bits per heavy atom. The summed E-state index contributed by atoms with van der Waals surface area (Å²) in [4.78, 5) is 18.7. The van der Waals surface area contributed by atoms with Gasteiger partial charge in [-0.3, -0.25) is 10.1 Å². The number of benzene rings is 1. The summed E-state index contributed by atoms with van der Waals surface area (Å²) in [6.45, 7) is 4.10. The molecular formula is C19H16N4OS2. The van der Waals surface area contributed by atoms with Gasteiger partial charge in [0.25, 0.3) is 5.91 Å². The van der Waals surface area contributed by atoms with E-state index in [-0.39, 0.29) is 11.8 Å². The highest BCUT2D eigenvalue weighted by molar-refractivity contribution is 7.15. The van der Waals surface area contributed by atoms with Crippen LogP contribution in [0.2, 0.25) is 0 Å². The molecule has 0 bridgehead atoms. The van der Waals surface area contributed by atoms with Crippen LogP contribution in [0.15, 0.2) is 47.8 Å². The predicted octanol–water partition coefficient (Wildman–Crippen LogP) is 5.19. The van der Waals surface area contributed by atoms with Gasteiger partial charge in [-0.25, -0.2) is 4.98 Å². The third-order valence-corrected chi connectivity index (χ3v) is 5.92. The average Bonchev–Trinajstić information content (AvgIpc) is 3.32. The van der Waals surface area contributed by atoms with Crippen molar-refractivity contribution in [2.45, 2.75) is 19.8 Å². The Bertz CT molecular complexity index is 1070. The quantitative estimate of drug-likeness (QED) is 0.529. The van der Waals surface area contributed by atoms with Gasteiger partial charge in [0.2, 0.25) is 5.13 Å². The Morgan fingerprint density at radius 3 is 2.69 bits per heavy atom. The summed E-state index contributed by atoms with van der Waals surface area (Å²) >= 11 is 3.00. The molecule has 0 aliphatic carbocycles. The molecule has 1 amide bonds. The molecule has 0 atom stereocenters. The monoisotopic (exact) mass is 380 g/mol. The maximum absolute atomic E-state index is 12.9. The first-order chi connectivity index (χ1) is 12.6. The van der Waals surface area contributed by atoms with Crippen molar-refractivity contribution in [3.8, 4) is 10.6 Å². The number of thiophene rings is 1. The number of fused-ring (bicyclic) bond motifs is 1. The molecule has 5 nitrogen and oxygen atoms in total. The molecule has 130 valence electrons. The van der Waals surface area contributed by atoms with Crippen molar-refractivity contribution in [2.75, 3.05) is 5.32 Å². The Balaban J connectivity index is 1.75. The number of aromatic nitrogens is 3. The lowest BCUT2D eigenvalue weighted by molar-refractivity contribution is 0.102. The van der Waals surface area contributed by atoms with Gasteiger partial charge < -0.3 is 0 Å². The molecule has 0 aliphatic heterocycles. The van der Waals surface area contributed by atoms with E-state index in [4.69, 9.17) is 4.98 Å². The average molecular weight is 380 g/mol. The molecule has 0 spiro atoms. The van der Waals surface area contributed by atoms with E-state index >= 15 is 0 Å². The van der Waals surface area contributed by atoms with Gasteiger partial charge in [0.1, 0.15) is 5.01 Å². The van der Waals surface area contributed by atoms with E-state index in [0.29, 0.717) is 10.7 Å². The summed E-state index contributed by atoms with van der Waals surface area (Å²) in [5.74, 6) is 0.0817. The van der Waals surface area contributed by atoms with Crippen molar-refractivity contribution in [2.24, 2.45) is 0 Å². The summed E-state index contributed by atoms with van der Waals surface area (Å²) < 4.78 is 0. The zero-order valence-corrected chi connectivity index (χ0v) is 15.9. The fourth-order valence-corrected chi connectivity index (χ4v) is 4.02. The number of nitrogens with zero attached hydrogens (tertiary/aromatic N) is 3. The molecule has 0 saturated heterocycles. The molecule has 0 radical (unpaired) electrons. The van der Waals surface area contributed by atoms with Crippen LogP contribution in [-0.4, -0.2) is 21.1 Å². The Kier molecular flexibility index (Phi) is 4.48. The second-order valence-electron chi connectivity index (χ2n) is 6.10. The highest BCUT2D eigenvalue weighted by atomic mass is 32.1. The Morgan fingerprint density at radius 1 is 1.12 bits per heavy atom. The van der Waals surface area contributed by atoms with Gasteiger partial charge in [-0.2, -0.15) is 0 Å². The first kappa shape index (κ1) is 16.8. The van der Waals surface area contributed by atoms with Crippen LogP contribution in [0.3, 0.4) is 0 Å². The van der Waals surface area contributed by atoms with Crippen molar-refractivity contribution in [3.63, 3.8) is 0 Å². The molecule has 1 N–H and O–H groups in total. The maximum Gasteiger partial charge on any atom is 0.258 e. The number of rotatable bonds is 4. The van der Waals surface area contributed by atoms with E-state index in [1.165, 1.54) is 11.3 Å². The van der Waals surface area contributed by atoms with Crippen LogP contribution >= 0.6 is 22.7 Å².